The van der Waals surface area contributed by atoms with Gasteiger partial charge in [-0.1, -0.05) is 20.8 Å². The van der Waals surface area contributed by atoms with Crippen molar-refractivity contribution in [3.63, 3.8) is 0 Å². The maximum absolute atomic E-state index is 10.9. The van der Waals surface area contributed by atoms with Crippen LogP contribution in [0.4, 0.5) is 0 Å². The Balaban J connectivity index is 3.96. The largest absolute Gasteiger partial charge is 0.369 e. The number of nitrogens with two attached hydrogens (primary N) is 1. The van der Waals surface area contributed by atoms with Gasteiger partial charge in [-0.05, 0) is 19.8 Å². The molecule has 0 rings (SSSR count). The fraction of sp³-hybridized carbons (Fsp3) is 0.800. The zero-order chi connectivity index (χ0) is 10.5. The lowest BCUT2D eigenvalue weighted by Crippen LogP contribution is -2.32. The van der Waals surface area contributed by atoms with E-state index < -0.39 is 5.41 Å². The summed E-state index contributed by atoms with van der Waals surface area (Å²) in [6.45, 7) is 8.46. The van der Waals surface area contributed by atoms with E-state index in [9.17, 15) is 4.79 Å². The summed E-state index contributed by atoms with van der Waals surface area (Å²) in [6.07, 6.45) is 1.69. The van der Waals surface area contributed by atoms with Crippen molar-refractivity contribution >= 4 is 11.6 Å². The molecule has 0 aromatic rings. The first-order chi connectivity index (χ1) is 5.90. The Kier molecular flexibility index (Phi) is 4.67. The van der Waals surface area contributed by atoms with E-state index in [1.54, 1.807) is 0 Å². The minimum atomic E-state index is -0.433. The highest BCUT2D eigenvalue weighted by Crippen LogP contribution is 2.19. The van der Waals surface area contributed by atoms with Gasteiger partial charge >= 0.3 is 0 Å². The fourth-order valence-electron chi connectivity index (χ4n) is 0.761. The number of hydrogen-bond donors (Lipinski definition) is 1. The molecule has 0 fully saturated rings. The van der Waals surface area contributed by atoms with Crippen LogP contribution in [0.1, 0.15) is 40.5 Å². The van der Waals surface area contributed by atoms with Gasteiger partial charge in [-0.15, -0.1) is 0 Å². The number of nitrogens with zero attached hydrogens (tertiary/aromatic N) is 1. The molecule has 2 N–H and O–H groups in total. The van der Waals surface area contributed by atoms with Crippen molar-refractivity contribution in [2.24, 2.45) is 16.1 Å². The molecule has 3 nitrogen and oxygen atoms in total. The average molecular weight is 184 g/mol. The highest BCUT2D eigenvalue weighted by atomic mass is 16.1. The van der Waals surface area contributed by atoms with Gasteiger partial charge in [0.15, 0.2) is 0 Å². The summed E-state index contributed by atoms with van der Waals surface area (Å²) in [7, 11) is 0. The molecule has 0 aliphatic carbocycles. The number of primary amides is 1. The number of carbonyl (C=O) groups excluding carboxylic acids is 1. The molecule has 0 bridgehead atoms. The van der Waals surface area contributed by atoms with Crippen LogP contribution in [0, 0.1) is 5.41 Å². The maximum Gasteiger partial charge on any atom is 0.223 e. The molecular weight excluding hydrogens is 164 g/mol. The van der Waals surface area contributed by atoms with Crippen LogP contribution in [-0.4, -0.2) is 18.2 Å². The molecule has 0 aliphatic rings. The van der Waals surface area contributed by atoms with Crippen molar-refractivity contribution in [2.75, 3.05) is 6.54 Å². The summed E-state index contributed by atoms with van der Waals surface area (Å²) < 4.78 is 0. The van der Waals surface area contributed by atoms with Gasteiger partial charge in [-0.25, -0.2) is 0 Å². The van der Waals surface area contributed by atoms with Crippen molar-refractivity contribution < 1.29 is 4.79 Å². The highest BCUT2D eigenvalue weighted by Gasteiger charge is 2.23. The van der Waals surface area contributed by atoms with Gasteiger partial charge in [-0.2, -0.15) is 0 Å². The first kappa shape index (κ1) is 12.1. The standard InChI is InChI=1S/C10H20N2O/c1-5-8(2)12-7-6-10(3,4)9(11)13/h5-7H2,1-4H3,(H2,11,13). The smallest absolute Gasteiger partial charge is 0.223 e. The monoisotopic (exact) mass is 184 g/mol. The Hall–Kier alpha value is -0.860. The van der Waals surface area contributed by atoms with Crippen LogP contribution in [0.5, 0.6) is 0 Å². The Bertz CT molecular complexity index is 207. The normalized spacial score (nSPS) is 13.1. The SMILES string of the molecule is CCC(C)=NCCC(C)(C)C(N)=O. The van der Waals surface area contributed by atoms with Crippen molar-refractivity contribution in [1.82, 2.24) is 0 Å². The van der Waals surface area contributed by atoms with Crippen LogP contribution in [-0.2, 0) is 4.79 Å². The highest BCUT2D eigenvalue weighted by molar-refractivity contribution is 5.82. The first-order valence-corrected chi connectivity index (χ1v) is 4.70. The Morgan fingerprint density at radius 2 is 2.00 bits per heavy atom. The van der Waals surface area contributed by atoms with E-state index in [-0.39, 0.29) is 5.91 Å². The van der Waals surface area contributed by atoms with Crippen LogP contribution in [0.25, 0.3) is 0 Å². The van der Waals surface area contributed by atoms with E-state index >= 15 is 0 Å². The summed E-state index contributed by atoms with van der Waals surface area (Å²) in [6, 6.07) is 0. The summed E-state index contributed by atoms with van der Waals surface area (Å²) in [5.41, 5.74) is 5.92. The molecule has 0 radical (unpaired) electrons. The van der Waals surface area contributed by atoms with Crippen LogP contribution < -0.4 is 5.73 Å². The van der Waals surface area contributed by atoms with Gasteiger partial charge in [0.1, 0.15) is 0 Å². The van der Waals surface area contributed by atoms with Gasteiger partial charge in [0, 0.05) is 17.7 Å². The van der Waals surface area contributed by atoms with E-state index in [0.717, 1.165) is 18.6 Å². The Labute approximate surface area is 80.4 Å². The molecule has 76 valence electrons. The molecule has 0 aromatic heterocycles. The molecule has 0 saturated heterocycles. The molecule has 0 heterocycles. The molecule has 1 amide bonds. The average Bonchev–Trinajstić information content (AvgIpc) is 2.03. The molecule has 0 atom stereocenters. The molecule has 3 heteroatoms. The van der Waals surface area contributed by atoms with Gasteiger partial charge in [-0.3, -0.25) is 9.79 Å². The van der Waals surface area contributed by atoms with Crippen LogP contribution in [0.3, 0.4) is 0 Å². The number of aliphatic imine (C=N–C) groups is 1. The molecule has 13 heavy (non-hydrogen) atoms. The minimum absolute atomic E-state index is 0.253. The third kappa shape index (κ3) is 4.65. The molecule has 0 saturated carbocycles. The lowest BCUT2D eigenvalue weighted by molar-refractivity contribution is -0.126. The van der Waals surface area contributed by atoms with Crippen LogP contribution in [0.15, 0.2) is 4.99 Å². The number of rotatable bonds is 5. The second kappa shape index (κ2) is 5.00. The van der Waals surface area contributed by atoms with Crippen LogP contribution >= 0.6 is 0 Å². The predicted octanol–water partition coefficient (Wildman–Crippen LogP) is 1.76. The van der Waals surface area contributed by atoms with Crippen molar-refractivity contribution in [1.29, 1.82) is 0 Å². The second-order valence-corrected chi connectivity index (χ2v) is 3.97. The van der Waals surface area contributed by atoms with E-state index in [1.165, 1.54) is 0 Å². The molecule has 0 aromatic carbocycles. The third-order valence-electron chi connectivity index (χ3n) is 2.30. The Morgan fingerprint density at radius 1 is 1.46 bits per heavy atom. The number of hydrogen-bond acceptors (Lipinski definition) is 2. The molecule has 0 unspecified atom stereocenters. The Morgan fingerprint density at radius 3 is 2.38 bits per heavy atom. The minimum Gasteiger partial charge on any atom is -0.369 e. The van der Waals surface area contributed by atoms with E-state index in [0.29, 0.717) is 6.54 Å². The first-order valence-electron chi connectivity index (χ1n) is 4.70. The maximum atomic E-state index is 10.9. The summed E-state index contributed by atoms with van der Waals surface area (Å²) >= 11 is 0. The lowest BCUT2D eigenvalue weighted by Gasteiger charge is -2.18. The third-order valence-corrected chi connectivity index (χ3v) is 2.30. The van der Waals surface area contributed by atoms with E-state index in [2.05, 4.69) is 11.9 Å². The van der Waals surface area contributed by atoms with Gasteiger partial charge in [0.05, 0.1) is 0 Å². The predicted molar refractivity (Wildman–Crippen MR) is 55.9 cm³/mol. The van der Waals surface area contributed by atoms with Gasteiger partial charge in [0.25, 0.3) is 0 Å². The fourth-order valence-corrected chi connectivity index (χ4v) is 0.761. The molecular formula is C10H20N2O. The zero-order valence-electron chi connectivity index (χ0n) is 9.05. The van der Waals surface area contributed by atoms with E-state index in [4.69, 9.17) is 5.73 Å². The number of carbonyl (C=O) groups is 1. The van der Waals surface area contributed by atoms with Crippen molar-refractivity contribution in [3.05, 3.63) is 0 Å². The molecule has 0 spiro atoms. The van der Waals surface area contributed by atoms with E-state index in [1.807, 2.05) is 20.8 Å². The topological polar surface area (TPSA) is 55.4 Å². The summed E-state index contributed by atoms with van der Waals surface area (Å²) in [5.74, 6) is -0.253. The quantitative estimate of drug-likeness (QED) is 0.650. The van der Waals surface area contributed by atoms with Gasteiger partial charge < -0.3 is 5.73 Å². The second-order valence-electron chi connectivity index (χ2n) is 3.97. The summed E-state index contributed by atoms with van der Waals surface area (Å²) in [4.78, 5) is 15.3. The van der Waals surface area contributed by atoms with Crippen LogP contribution in [0.2, 0.25) is 0 Å². The van der Waals surface area contributed by atoms with Crippen molar-refractivity contribution in [3.8, 4) is 0 Å². The lowest BCUT2D eigenvalue weighted by atomic mass is 9.89. The summed E-state index contributed by atoms with van der Waals surface area (Å²) in [5, 5.41) is 0. The van der Waals surface area contributed by atoms with Crippen molar-refractivity contribution in [2.45, 2.75) is 40.5 Å². The number of amides is 1. The zero-order valence-corrected chi connectivity index (χ0v) is 9.05. The molecule has 0 aliphatic heterocycles. The van der Waals surface area contributed by atoms with Gasteiger partial charge in [0.2, 0.25) is 5.91 Å².